The number of rotatable bonds is 4. The molecule has 7 nitrogen and oxygen atoms in total. The van der Waals surface area contributed by atoms with E-state index in [1.54, 1.807) is 30.3 Å². The zero-order valence-electron chi connectivity index (χ0n) is 11.9. The molecule has 0 bridgehead atoms. The van der Waals surface area contributed by atoms with Gasteiger partial charge in [-0.2, -0.15) is 0 Å². The first-order valence-corrected chi connectivity index (χ1v) is 6.54. The largest absolute Gasteiger partial charge is 0.480 e. The lowest BCUT2D eigenvalue weighted by Crippen LogP contribution is -2.38. The van der Waals surface area contributed by atoms with Crippen molar-refractivity contribution in [2.24, 2.45) is 0 Å². The number of methoxy groups -OCH3 is 1. The average molecular weight is 305 g/mol. The Morgan fingerprint density at radius 3 is 2.55 bits per heavy atom. The van der Waals surface area contributed by atoms with E-state index in [4.69, 9.17) is 9.84 Å². The Bertz CT molecular complexity index is 607. The minimum atomic E-state index is -1.08. The van der Waals surface area contributed by atoms with Crippen molar-refractivity contribution in [2.75, 3.05) is 7.11 Å². The summed E-state index contributed by atoms with van der Waals surface area (Å²) in [5, 5.41) is 8.99. The summed E-state index contributed by atoms with van der Waals surface area (Å²) in [5.74, 6) is -1.53. The Morgan fingerprint density at radius 1 is 1.27 bits per heavy atom. The van der Waals surface area contributed by atoms with Crippen LogP contribution in [0.3, 0.4) is 0 Å². The van der Waals surface area contributed by atoms with Gasteiger partial charge in [0.05, 0.1) is 12.7 Å². The van der Waals surface area contributed by atoms with Gasteiger partial charge in [-0.1, -0.05) is 18.2 Å². The molecule has 1 aliphatic rings. The fourth-order valence-corrected chi connectivity index (χ4v) is 2.00. The van der Waals surface area contributed by atoms with E-state index < -0.39 is 24.1 Å². The average Bonchev–Trinajstić information content (AvgIpc) is 3.02. The van der Waals surface area contributed by atoms with Gasteiger partial charge in [-0.25, -0.2) is 14.4 Å². The maximum Gasteiger partial charge on any atom is 0.414 e. The molecule has 116 valence electrons. The highest BCUT2D eigenvalue weighted by molar-refractivity contribution is 5.89. The number of nitrogens with zero attached hydrogens (tertiary/aromatic N) is 1. The molecule has 0 fully saturated rings. The van der Waals surface area contributed by atoms with Crippen molar-refractivity contribution in [1.29, 1.82) is 0 Å². The Morgan fingerprint density at radius 2 is 1.95 bits per heavy atom. The zero-order chi connectivity index (χ0) is 16.1. The first kappa shape index (κ1) is 15.6. The Balaban J connectivity index is 1.92. The number of ether oxygens (including phenoxy) is 2. The summed E-state index contributed by atoms with van der Waals surface area (Å²) in [6, 6.07) is 5.46. The van der Waals surface area contributed by atoms with Gasteiger partial charge in [0, 0.05) is 6.20 Å². The molecule has 2 rings (SSSR count). The third-order valence-corrected chi connectivity index (χ3v) is 3.19. The number of amides is 1. The number of benzene rings is 1. The number of aliphatic carboxylic acids is 1. The van der Waals surface area contributed by atoms with Crippen molar-refractivity contribution >= 4 is 18.0 Å². The monoisotopic (exact) mass is 305 g/mol. The van der Waals surface area contributed by atoms with Gasteiger partial charge in [0.1, 0.15) is 12.6 Å². The van der Waals surface area contributed by atoms with Gasteiger partial charge in [0.25, 0.3) is 0 Å². The molecule has 1 unspecified atom stereocenters. The van der Waals surface area contributed by atoms with Crippen LogP contribution < -0.4 is 0 Å². The Labute approximate surface area is 126 Å². The minimum absolute atomic E-state index is 0.0169. The highest BCUT2D eigenvalue weighted by atomic mass is 16.6. The second-order valence-electron chi connectivity index (χ2n) is 4.62. The fourth-order valence-electron chi connectivity index (χ4n) is 2.00. The van der Waals surface area contributed by atoms with E-state index in [0.717, 1.165) is 4.90 Å². The normalized spacial score (nSPS) is 16.4. The Hall–Kier alpha value is -2.83. The fraction of sp³-hybridized carbons (Fsp3) is 0.267. The molecule has 0 spiro atoms. The summed E-state index contributed by atoms with van der Waals surface area (Å²) in [7, 11) is 1.29. The van der Waals surface area contributed by atoms with Crippen LogP contribution in [-0.4, -0.2) is 41.2 Å². The summed E-state index contributed by atoms with van der Waals surface area (Å²) in [6.45, 7) is -0.0169. The van der Waals surface area contributed by atoms with Crippen LogP contribution in [0.4, 0.5) is 4.79 Å². The molecule has 1 aromatic rings. The number of carbonyl (C=O) groups excluding carboxylic acids is 2. The summed E-state index contributed by atoms with van der Waals surface area (Å²) in [5.41, 5.74) is 1.07. The zero-order valence-corrected chi connectivity index (χ0v) is 11.9. The SMILES string of the molecule is COC(=O)c1ccc(COC(=O)N2C=CCC2C(=O)O)cc1. The number of hydrogen-bond donors (Lipinski definition) is 1. The molecule has 22 heavy (non-hydrogen) atoms. The second kappa shape index (κ2) is 6.75. The highest BCUT2D eigenvalue weighted by Crippen LogP contribution is 2.17. The van der Waals surface area contributed by atoms with Crippen molar-refractivity contribution in [1.82, 2.24) is 4.90 Å². The van der Waals surface area contributed by atoms with Crippen molar-refractivity contribution in [3.63, 3.8) is 0 Å². The molecule has 0 saturated heterocycles. The molecule has 7 heteroatoms. The van der Waals surface area contributed by atoms with E-state index in [0.29, 0.717) is 11.1 Å². The van der Waals surface area contributed by atoms with Crippen LogP contribution in [0.5, 0.6) is 0 Å². The van der Waals surface area contributed by atoms with E-state index in [1.165, 1.54) is 13.3 Å². The molecule has 0 aromatic heterocycles. The summed E-state index contributed by atoms with van der Waals surface area (Å²) < 4.78 is 9.66. The van der Waals surface area contributed by atoms with Crippen molar-refractivity contribution < 1.29 is 29.0 Å². The van der Waals surface area contributed by atoms with Crippen LogP contribution in [0.2, 0.25) is 0 Å². The van der Waals surface area contributed by atoms with Crippen LogP contribution in [-0.2, 0) is 20.9 Å². The summed E-state index contributed by atoms with van der Waals surface area (Å²) in [4.78, 5) is 35.2. The molecule has 1 aromatic carbocycles. The molecule has 0 saturated carbocycles. The molecule has 1 heterocycles. The maximum atomic E-state index is 11.9. The molecular formula is C15H15NO6. The predicted octanol–water partition coefficient (Wildman–Crippen LogP) is 1.78. The molecule has 1 N–H and O–H groups in total. The van der Waals surface area contributed by atoms with Crippen molar-refractivity contribution in [2.45, 2.75) is 19.1 Å². The standard InChI is InChI=1S/C15H15NO6/c1-21-14(19)11-6-4-10(5-7-11)9-22-15(20)16-8-2-3-12(16)13(17)18/h2,4-8,12H,3,9H2,1H3,(H,17,18). The van der Waals surface area contributed by atoms with Gasteiger partial charge in [-0.3, -0.25) is 4.90 Å². The van der Waals surface area contributed by atoms with Gasteiger partial charge in [0.2, 0.25) is 0 Å². The summed E-state index contributed by atoms with van der Waals surface area (Å²) in [6.07, 6.45) is 2.54. The number of carboxylic acids is 1. The summed E-state index contributed by atoms with van der Waals surface area (Å²) >= 11 is 0. The molecule has 0 radical (unpaired) electrons. The first-order chi connectivity index (χ1) is 10.5. The van der Waals surface area contributed by atoms with Crippen LogP contribution >= 0.6 is 0 Å². The van der Waals surface area contributed by atoms with Gasteiger partial charge >= 0.3 is 18.0 Å². The maximum absolute atomic E-state index is 11.9. The molecule has 1 amide bonds. The smallest absolute Gasteiger partial charge is 0.414 e. The van der Waals surface area contributed by atoms with Gasteiger partial charge in [0.15, 0.2) is 0 Å². The van der Waals surface area contributed by atoms with Crippen LogP contribution in [0.1, 0.15) is 22.3 Å². The van der Waals surface area contributed by atoms with Gasteiger partial charge in [-0.15, -0.1) is 0 Å². The topological polar surface area (TPSA) is 93.1 Å². The van der Waals surface area contributed by atoms with E-state index >= 15 is 0 Å². The van der Waals surface area contributed by atoms with Crippen LogP contribution in [0.25, 0.3) is 0 Å². The molecule has 0 aliphatic carbocycles. The highest BCUT2D eigenvalue weighted by Gasteiger charge is 2.31. The Kier molecular flexibility index (Phi) is 4.77. The second-order valence-corrected chi connectivity index (χ2v) is 4.62. The van der Waals surface area contributed by atoms with Crippen LogP contribution in [0.15, 0.2) is 36.5 Å². The lowest BCUT2D eigenvalue weighted by molar-refractivity contribution is -0.141. The first-order valence-electron chi connectivity index (χ1n) is 6.54. The number of esters is 1. The molecule has 1 aliphatic heterocycles. The van der Waals surface area contributed by atoms with E-state index in [2.05, 4.69) is 4.74 Å². The molecular weight excluding hydrogens is 290 g/mol. The quantitative estimate of drug-likeness (QED) is 0.852. The van der Waals surface area contributed by atoms with Crippen LogP contribution in [0, 0.1) is 0 Å². The van der Waals surface area contributed by atoms with Crippen molar-refractivity contribution in [3.05, 3.63) is 47.7 Å². The van der Waals surface area contributed by atoms with E-state index in [9.17, 15) is 14.4 Å². The minimum Gasteiger partial charge on any atom is -0.480 e. The predicted molar refractivity (Wildman–Crippen MR) is 75.0 cm³/mol. The number of carbonyl (C=O) groups is 3. The third-order valence-electron chi connectivity index (χ3n) is 3.19. The van der Waals surface area contributed by atoms with Crippen molar-refractivity contribution in [3.8, 4) is 0 Å². The van der Waals surface area contributed by atoms with Gasteiger partial charge in [-0.05, 0) is 24.1 Å². The van der Waals surface area contributed by atoms with E-state index in [-0.39, 0.29) is 13.0 Å². The lowest BCUT2D eigenvalue weighted by Gasteiger charge is -2.19. The number of hydrogen-bond acceptors (Lipinski definition) is 5. The third kappa shape index (κ3) is 3.43. The molecule has 1 atom stereocenters. The lowest BCUT2D eigenvalue weighted by atomic mass is 10.1. The number of carboxylic acid groups (broad SMARTS) is 1. The van der Waals surface area contributed by atoms with Gasteiger partial charge < -0.3 is 14.6 Å². The van der Waals surface area contributed by atoms with E-state index in [1.807, 2.05) is 0 Å².